The Kier molecular flexibility index (Phi) is 6.49. The fourth-order valence-corrected chi connectivity index (χ4v) is 2.49. The Labute approximate surface area is 119 Å². The SMILES string of the molecule is CCCc1nsc(N(CCC(N)=S)CC(C)C)n1. The molecule has 1 rings (SSSR count). The number of aromatic nitrogens is 2. The highest BCUT2D eigenvalue weighted by molar-refractivity contribution is 7.80. The topological polar surface area (TPSA) is 55.0 Å². The van der Waals surface area contributed by atoms with Crippen LogP contribution in [0.2, 0.25) is 0 Å². The minimum atomic E-state index is 0.557. The molecule has 0 amide bonds. The summed E-state index contributed by atoms with van der Waals surface area (Å²) >= 11 is 6.41. The summed E-state index contributed by atoms with van der Waals surface area (Å²) in [5.74, 6) is 1.52. The molecule has 1 heterocycles. The largest absolute Gasteiger partial charge is 0.393 e. The summed E-state index contributed by atoms with van der Waals surface area (Å²) in [5, 5.41) is 0.989. The molecule has 0 aliphatic rings. The third kappa shape index (κ3) is 5.27. The number of aryl methyl sites for hydroxylation is 1. The summed E-state index contributed by atoms with van der Waals surface area (Å²) in [5.41, 5.74) is 5.57. The van der Waals surface area contributed by atoms with Crippen molar-refractivity contribution < 1.29 is 0 Å². The average Bonchev–Trinajstić information content (AvgIpc) is 2.72. The first-order valence-corrected chi connectivity index (χ1v) is 7.57. The maximum absolute atomic E-state index is 5.57. The van der Waals surface area contributed by atoms with Crippen LogP contribution in [-0.4, -0.2) is 27.4 Å². The highest BCUT2D eigenvalue weighted by atomic mass is 32.1. The predicted molar refractivity (Wildman–Crippen MR) is 82.4 cm³/mol. The summed E-state index contributed by atoms with van der Waals surface area (Å²) in [6, 6.07) is 0. The van der Waals surface area contributed by atoms with E-state index in [0.717, 1.165) is 43.3 Å². The molecule has 0 aliphatic carbocycles. The molecule has 0 saturated carbocycles. The molecule has 0 saturated heterocycles. The van der Waals surface area contributed by atoms with Crippen molar-refractivity contribution in [2.45, 2.75) is 40.0 Å². The van der Waals surface area contributed by atoms with Crippen molar-refractivity contribution in [1.82, 2.24) is 9.36 Å². The average molecular weight is 286 g/mol. The molecule has 2 N–H and O–H groups in total. The molecule has 0 fully saturated rings. The Morgan fingerprint density at radius 2 is 2.22 bits per heavy atom. The highest BCUT2D eigenvalue weighted by Gasteiger charge is 2.13. The van der Waals surface area contributed by atoms with Gasteiger partial charge in [0.2, 0.25) is 5.13 Å². The molecule has 6 heteroatoms. The van der Waals surface area contributed by atoms with E-state index in [1.807, 2.05) is 0 Å². The Hall–Kier alpha value is -0.750. The van der Waals surface area contributed by atoms with E-state index in [1.165, 1.54) is 11.5 Å². The van der Waals surface area contributed by atoms with Crippen molar-refractivity contribution in [3.8, 4) is 0 Å². The first kappa shape index (κ1) is 15.3. The highest BCUT2D eigenvalue weighted by Crippen LogP contribution is 2.19. The number of thiocarbonyl (C=S) groups is 1. The molecular formula is C12H22N4S2. The zero-order valence-corrected chi connectivity index (χ0v) is 13.0. The van der Waals surface area contributed by atoms with E-state index < -0.39 is 0 Å². The van der Waals surface area contributed by atoms with E-state index in [4.69, 9.17) is 18.0 Å². The lowest BCUT2D eigenvalue weighted by Gasteiger charge is -2.23. The van der Waals surface area contributed by atoms with Crippen LogP contribution in [0.3, 0.4) is 0 Å². The van der Waals surface area contributed by atoms with Crippen molar-refractivity contribution in [1.29, 1.82) is 0 Å². The van der Waals surface area contributed by atoms with Gasteiger partial charge in [-0.05, 0) is 12.3 Å². The maximum atomic E-state index is 5.57. The van der Waals surface area contributed by atoms with Crippen molar-refractivity contribution in [3.63, 3.8) is 0 Å². The van der Waals surface area contributed by atoms with Crippen molar-refractivity contribution in [3.05, 3.63) is 5.82 Å². The minimum absolute atomic E-state index is 0.557. The van der Waals surface area contributed by atoms with Gasteiger partial charge in [0.25, 0.3) is 0 Å². The van der Waals surface area contributed by atoms with Crippen LogP contribution in [0.4, 0.5) is 5.13 Å². The van der Waals surface area contributed by atoms with Crippen LogP contribution >= 0.6 is 23.8 Å². The van der Waals surface area contributed by atoms with Crippen LogP contribution < -0.4 is 10.6 Å². The molecule has 1 aromatic heterocycles. The lowest BCUT2D eigenvalue weighted by Crippen LogP contribution is -2.30. The van der Waals surface area contributed by atoms with Crippen LogP contribution in [0, 0.1) is 5.92 Å². The quantitative estimate of drug-likeness (QED) is 0.745. The Morgan fingerprint density at radius 3 is 2.78 bits per heavy atom. The van der Waals surface area contributed by atoms with Gasteiger partial charge in [-0.25, -0.2) is 4.98 Å². The summed E-state index contributed by atoms with van der Waals surface area (Å²) in [4.78, 5) is 7.37. The second-order valence-corrected chi connectivity index (χ2v) is 6.05. The summed E-state index contributed by atoms with van der Waals surface area (Å²) in [6.07, 6.45) is 2.75. The molecule has 0 radical (unpaired) electrons. The number of hydrogen-bond donors (Lipinski definition) is 1. The lowest BCUT2D eigenvalue weighted by molar-refractivity contribution is 0.612. The van der Waals surface area contributed by atoms with Gasteiger partial charge < -0.3 is 10.6 Å². The van der Waals surface area contributed by atoms with Crippen LogP contribution in [0.5, 0.6) is 0 Å². The van der Waals surface area contributed by atoms with Crippen LogP contribution in [0.25, 0.3) is 0 Å². The maximum Gasteiger partial charge on any atom is 0.205 e. The zero-order valence-electron chi connectivity index (χ0n) is 11.3. The Balaban J connectivity index is 2.69. The molecule has 0 spiro atoms. The van der Waals surface area contributed by atoms with E-state index in [9.17, 15) is 0 Å². The number of nitrogens with zero attached hydrogens (tertiary/aromatic N) is 3. The van der Waals surface area contributed by atoms with E-state index in [1.54, 1.807) is 0 Å². The summed E-state index contributed by atoms with van der Waals surface area (Å²) in [6.45, 7) is 8.32. The van der Waals surface area contributed by atoms with E-state index in [-0.39, 0.29) is 0 Å². The smallest absolute Gasteiger partial charge is 0.205 e. The minimum Gasteiger partial charge on any atom is -0.393 e. The van der Waals surface area contributed by atoms with E-state index >= 15 is 0 Å². The second kappa shape index (κ2) is 7.63. The zero-order chi connectivity index (χ0) is 13.5. The molecule has 0 aliphatic heterocycles. The lowest BCUT2D eigenvalue weighted by atomic mass is 10.2. The number of rotatable bonds is 8. The van der Waals surface area contributed by atoms with Gasteiger partial charge in [0.1, 0.15) is 5.82 Å². The van der Waals surface area contributed by atoms with Gasteiger partial charge in [-0.3, -0.25) is 0 Å². The normalized spacial score (nSPS) is 10.9. The van der Waals surface area contributed by atoms with E-state index in [0.29, 0.717) is 10.9 Å². The molecular weight excluding hydrogens is 264 g/mol. The Morgan fingerprint density at radius 1 is 1.50 bits per heavy atom. The van der Waals surface area contributed by atoms with Gasteiger partial charge in [0, 0.05) is 37.5 Å². The fraction of sp³-hybridized carbons (Fsp3) is 0.750. The van der Waals surface area contributed by atoms with Gasteiger partial charge in [0.05, 0.1) is 4.99 Å². The molecule has 18 heavy (non-hydrogen) atoms. The van der Waals surface area contributed by atoms with Crippen molar-refractivity contribution in [2.24, 2.45) is 11.7 Å². The third-order valence-corrected chi connectivity index (χ3v) is 3.43. The molecule has 102 valence electrons. The van der Waals surface area contributed by atoms with Gasteiger partial charge >= 0.3 is 0 Å². The first-order valence-electron chi connectivity index (χ1n) is 6.38. The van der Waals surface area contributed by atoms with Crippen molar-refractivity contribution >= 4 is 33.9 Å². The third-order valence-electron chi connectivity index (χ3n) is 2.42. The standard InChI is InChI=1S/C12H22N4S2/c1-4-5-11-14-12(18-15-11)16(8-9(2)3)7-6-10(13)17/h9H,4-8H2,1-3H3,(H2,13,17). The van der Waals surface area contributed by atoms with Crippen LogP contribution in [0.1, 0.15) is 39.4 Å². The van der Waals surface area contributed by atoms with Gasteiger partial charge in [0.15, 0.2) is 0 Å². The summed E-state index contributed by atoms with van der Waals surface area (Å²) in [7, 11) is 0. The monoisotopic (exact) mass is 286 g/mol. The van der Waals surface area contributed by atoms with Crippen molar-refractivity contribution in [2.75, 3.05) is 18.0 Å². The molecule has 1 aromatic rings. The van der Waals surface area contributed by atoms with E-state index in [2.05, 4.69) is 35.0 Å². The molecule has 4 nitrogen and oxygen atoms in total. The molecule has 0 bridgehead atoms. The second-order valence-electron chi connectivity index (χ2n) is 4.80. The number of nitrogens with two attached hydrogens (primary N) is 1. The first-order chi connectivity index (χ1) is 8.52. The summed E-state index contributed by atoms with van der Waals surface area (Å²) < 4.78 is 4.39. The van der Waals surface area contributed by atoms with Crippen LogP contribution in [0.15, 0.2) is 0 Å². The number of hydrogen-bond acceptors (Lipinski definition) is 5. The molecule has 0 atom stereocenters. The van der Waals surface area contributed by atoms with Gasteiger partial charge in [-0.15, -0.1) is 0 Å². The van der Waals surface area contributed by atoms with Gasteiger partial charge in [-0.2, -0.15) is 4.37 Å². The Bertz CT molecular complexity index is 376. The molecule has 0 unspecified atom stereocenters. The fourth-order valence-electron chi connectivity index (χ4n) is 1.65. The van der Waals surface area contributed by atoms with Gasteiger partial charge in [-0.1, -0.05) is 33.0 Å². The van der Waals surface area contributed by atoms with Crippen LogP contribution in [-0.2, 0) is 6.42 Å². The number of anilines is 1. The molecule has 0 aromatic carbocycles. The predicted octanol–water partition coefficient (Wildman–Crippen LogP) is 2.63.